The molecule has 0 bridgehead atoms. The van der Waals surface area contributed by atoms with Crippen molar-refractivity contribution in [2.75, 3.05) is 0 Å². The van der Waals surface area contributed by atoms with Crippen molar-refractivity contribution in [3.8, 4) is 0 Å². The van der Waals surface area contributed by atoms with Crippen LogP contribution in [0.3, 0.4) is 0 Å². The average molecular weight is 140 g/mol. The molecule has 4 radical (unpaired) electrons. The van der Waals surface area contributed by atoms with Crippen LogP contribution in [0, 0.1) is 0 Å². The van der Waals surface area contributed by atoms with Gasteiger partial charge in [0.15, 0.2) is 0 Å². The minimum atomic E-state index is 0. The zero-order chi connectivity index (χ0) is 6.24. The largest absolute Gasteiger partial charge is 0.103 e. The lowest BCUT2D eigenvalue weighted by Crippen LogP contribution is -1.71. The Balaban J connectivity index is 0. The molecule has 0 aliphatic rings. The van der Waals surface area contributed by atoms with Crippen molar-refractivity contribution in [2.24, 2.45) is 0 Å². The van der Waals surface area contributed by atoms with Gasteiger partial charge in [-0.05, 0) is 12.8 Å². The molecule has 0 N–H and O–H groups in total. The van der Waals surface area contributed by atoms with Crippen LogP contribution in [0.2, 0.25) is 0 Å². The molecular formula is C8H16Si. The Kier molecular flexibility index (Phi) is 14.1. The summed E-state index contributed by atoms with van der Waals surface area (Å²) in [5, 5.41) is 0. The quantitative estimate of drug-likeness (QED) is 0.313. The van der Waals surface area contributed by atoms with Crippen molar-refractivity contribution in [1.29, 1.82) is 0 Å². The first-order valence-electron chi connectivity index (χ1n) is 3.52. The molecule has 52 valence electrons. The summed E-state index contributed by atoms with van der Waals surface area (Å²) in [5.74, 6) is 0. The highest BCUT2D eigenvalue weighted by molar-refractivity contribution is 5.75. The maximum absolute atomic E-state index is 3.66. The third kappa shape index (κ3) is 11.5. The molecule has 0 fully saturated rings. The van der Waals surface area contributed by atoms with Gasteiger partial charge in [-0.1, -0.05) is 32.3 Å². The van der Waals surface area contributed by atoms with Crippen LogP contribution in [0.4, 0.5) is 0 Å². The van der Waals surface area contributed by atoms with Crippen molar-refractivity contribution < 1.29 is 0 Å². The molecule has 0 amide bonds. The molecule has 0 aliphatic heterocycles. The van der Waals surface area contributed by atoms with E-state index in [1.54, 1.807) is 0 Å². The molecule has 0 unspecified atom stereocenters. The van der Waals surface area contributed by atoms with Gasteiger partial charge in [0.2, 0.25) is 0 Å². The van der Waals surface area contributed by atoms with Crippen LogP contribution < -0.4 is 0 Å². The highest BCUT2D eigenvalue weighted by Crippen LogP contribution is 2.01. The van der Waals surface area contributed by atoms with Gasteiger partial charge in [-0.2, -0.15) is 0 Å². The van der Waals surface area contributed by atoms with Gasteiger partial charge in [-0.3, -0.25) is 0 Å². The standard InChI is InChI=1S/C8H16.Si/c1-3-5-7-8-6-4-2;/h3H,1,4-8H2,2H3;. The molecule has 0 aromatic heterocycles. The smallest absolute Gasteiger partial charge is 0 e. The van der Waals surface area contributed by atoms with Crippen molar-refractivity contribution in [3.05, 3.63) is 12.7 Å². The van der Waals surface area contributed by atoms with Gasteiger partial charge in [0.05, 0.1) is 0 Å². The molecular weight excluding hydrogens is 124 g/mol. The second-order valence-electron chi connectivity index (χ2n) is 2.14. The lowest BCUT2D eigenvalue weighted by Gasteiger charge is -1.91. The van der Waals surface area contributed by atoms with Gasteiger partial charge >= 0.3 is 0 Å². The van der Waals surface area contributed by atoms with E-state index >= 15 is 0 Å². The minimum absolute atomic E-state index is 0. The number of hydrogen-bond donors (Lipinski definition) is 0. The molecule has 0 aromatic rings. The molecule has 0 spiro atoms. The van der Waals surface area contributed by atoms with Crippen LogP contribution in [0.5, 0.6) is 0 Å². The summed E-state index contributed by atoms with van der Waals surface area (Å²) in [4.78, 5) is 0. The Morgan fingerprint density at radius 2 is 1.89 bits per heavy atom. The zero-order valence-corrected chi connectivity index (χ0v) is 7.32. The molecule has 0 nitrogen and oxygen atoms in total. The topological polar surface area (TPSA) is 0 Å². The third-order valence-electron chi connectivity index (χ3n) is 1.26. The minimum Gasteiger partial charge on any atom is -0.103 e. The van der Waals surface area contributed by atoms with Gasteiger partial charge < -0.3 is 0 Å². The summed E-state index contributed by atoms with van der Waals surface area (Å²) in [6.45, 7) is 5.89. The summed E-state index contributed by atoms with van der Waals surface area (Å²) in [5.41, 5.74) is 0. The fourth-order valence-electron chi connectivity index (χ4n) is 0.715. The maximum atomic E-state index is 3.66. The van der Waals surface area contributed by atoms with E-state index in [0.717, 1.165) is 0 Å². The fourth-order valence-corrected chi connectivity index (χ4v) is 0.715. The predicted molar refractivity (Wildman–Crippen MR) is 44.7 cm³/mol. The summed E-state index contributed by atoms with van der Waals surface area (Å²) >= 11 is 0. The number of allylic oxidation sites excluding steroid dienone is 1. The fraction of sp³-hybridized carbons (Fsp3) is 0.750. The van der Waals surface area contributed by atoms with Crippen LogP contribution in [0.15, 0.2) is 12.7 Å². The molecule has 0 saturated heterocycles. The van der Waals surface area contributed by atoms with Crippen LogP contribution >= 0.6 is 0 Å². The lowest BCUT2D eigenvalue weighted by molar-refractivity contribution is 0.675. The highest BCUT2D eigenvalue weighted by Gasteiger charge is 1.81. The Labute approximate surface area is 63.4 Å². The van der Waals surface area contributed by atoms with E-state index in [9.17, 15) is 0 Å². The maximum Gasteiger partial charge on any atom is 0 e. The first-order valence-corrected chi connectivity index (χ1v) is 3.52. The van der Waals surface area contributed by atoms with Crippen LogP contribution in [0.1, 0.15) is 39.0 Å². The second kappa shape index (κ2) is 10.9. The SMILES string of the molecule is C=CCCCCCC.[Si]. The molecule has 0 atom stereocenters. The summed E-state index contributed by atoms with van der Waals surface area (Å²) in [6.07, 6.45) is 8.61. The van der Waals surface area contributed by atoms with Crippen molar-refractivity contribution in [1.82, 2.24) is 0 Å². The van der Waals surface area contributed by atoms with Gasteiger partial charge in [0, 0.05) is 11.0 Å². The number of unbranched alkanes of at least 4 members (excludes halogenated alkanes) is 4. The Morgan fingerprint density at radius 1 is 1.22 bits per heavy atom. The summed E-state index contributed by atoms with van der Waals surface area (Å²) in [7, 11) is 0. The van der Waals surface area contributed by atoms with Gasteiger partial charge in [0.1, 0.15) is 0 Å². The van der Waals surface area contributed by atoms with Crippen LogP contribution in [0.25, 0.3) is 0 Å². The molecule has 0 heterocycles. The van der Waals surface area contributed by atoms with E-state index in [2.05, 4.69) is 13.5 Å². The van der Waals surface area contributed by atoms with E-state index < -0.39 is 0 Å². The van der Waals surface area contributed by atoms with Crippen molar-refractivity contribution in [3.63, 3.8) is 0 Å². The predicted octanol–water partition coefficient (Wildman–Crippen LogP) is 2.76. The van der Waals surface area contributed by atoms with E-state index in [1.165, 1.54) is 32.1 Å². The molecule has 0 aromatic carbocycles. The molecule has 0 rings (SSSR count). The van der Waals surface area contributed by atoms with E-state index in [1.807, 2.05) is 6.08 Å². The lowest BCUT2D eigenvalue weighted by atomic mass is 10.2. The van der Waals surface area contributed by atoms with Crippen LogP contribution in [-0.4, -0.2) is 11.0 Å². The van der Waals surface area contributed by atoms with Crippen molar-refractivity contribution in [2.45, 2.75) is 39.0 Å². The van der Waals surface area contributed by atoms with E-state index in [0.29, 0.717) is 0 Å². The average Bonchev–Trinajstić information content (AvgIpc) is 1.81. The molecule has 1 heteroatoms. The van der Waals surface area contributed by atoms with Crippen LogP contribution in [-0.2, 0) is 0 Å². The third-order valence-corrected chi connectivity index (χ3v) is 1.26. The number of rotatable bonds is 5. The van der Waals surface area contributed by atoms with Gasteiger partial charge in [-0.15, -0.1) is 6.58 Å². The summed E-state index contributed by atoms with van der Waals surface area (Å²) < 4.78 is 0. The van der Waals surface area contributed by atoms with E-state index in [4.69, 9.17) is 0 Å². The first kappa shape index (κ1) is 11.7. The van der Waals surface area contributed by atoms with Gasteiger partial charge in [-0.25, -0.2) is 0 Å². The monoisotopic (exact) mass is 140 g/mol. The first-order chi connectivity index (χ1) is 3.91. The Hall–Kier alpha value is -0.0431. The zero-order valence-electron chi connectivity index (χ0n) is 6.32. The van der Waals surface area contributed by atoms with Crippen molar-refractivity contribution >= 4 is 11.0 Å². The molecule has 0 saturated carbocycles. The molecule has 0 aliphatic carbocycles. The summed E-state index contributed by atoms with van der Waals surface area (Å²) in [6, 6.07) is 0. The normalized spacial score (nSPS) is 8.11. The number of hydrogen-bond acceptors (Lipinski definition) is 0. The second-order valence-corrected chi connectivity index (χ2v) is 2.14. The van der Waals surface area contributed by atoms with E-state index in [-0.39, 0.29) is 11.0 Å². The highest BCUT2D eigenvalue weighted by atomic mass is 28.1. The Bertz CT molecular complexity index is 50.5. The molecule has 9 heavy (non-hydrogen) atoms. The Morgan fingerprint density at radius 3 is 2.33 bits per heavy atom. The van der Waals surface area contributed by atoms with Gasteiger partial charge in [0.25, 0.3) is 0 Å².